The highest BCUT2D eigenvalue weighted by Crippen LogP contribution is 2.23. The standard InChI is InChI=1S/C13H22N2/c1-5-12(11(4)14-6-2)13-10(3)8-7-9-15-13/h7-9,11-12,14H,5-6H2,1-4H3. The van der Waals surface area contributed by atoms with Crippen LogP contribution in [0.3, 0.4) is 0 Å². The third-order valence-corrected chi connectivity index (χ3v) is 2.97. The molecule has 0 spiro atoms. The minimum Gasteiger partial charge on any atom is -0.314 e. The van der Waals surface area contributed by atoms with Gasteiger partial charge in [0, 0.05) is 23.9 Å². The maximum absolute atomic E-state index is 4.51. The van der Waals surface area contributed by atoms with Crippen LogP contribution in [0.4, 0.5) is 0 Å². The fourth-order valence-electron chi connectivity index (χ4n) is 2.13. The van der Waals surface area contributed by atoms with E-state index in [1.54, 1.807) is 0 Å². The van der Waals surface area contributed by atoms with Crippen molar-refractivity contribution in [1.82, 2.24) is 10.3 Å². The van der Waals surface area contributed by atoms with E-state index < -0.39 is 0 Å². The predicted octanol–water partition coefficient (Wildman–Crippen LogP) is 2.88. The molecule has 2 atom stereocenters. The number of hydrogen-bond donors (Lipinski definition) is 1. The lowest BCUT2D eigenvalue weighted by atomic mass is 9.91. The molecule has 0 aliphatic carbocycles. The van der Waals surface area contributed by atoms with E-state index >= 15 is 0 Å². The number of hydrogen-bond acceptors (Lipinski definition) is 2. The summed E-state index contributed by atoms with van der Waals surface area (Å²) in [6, 6.07) is 4.64. The SMILES string of the molecule is CCNC(C)C(CC)c1ncccc1C. The van der Waals surface area contributed by atoms with Crippen molar-refractivity contribution in [3.63, 3.8) is 0 Å². The van der Waals surface area contributed by atoms with Gasteiger partial charge in [0.1, 0.15) is 0 Å². The summed E-state index contributed by atoms with van der Waals surface area (Å²) >= 11 is 0. The van der Waals surface area contributed by atoms with Crippen molar-refractivity contribution in [3.8, 4) is 0 Å². The second kappa shape index (κ2) is 5.86. The van der Waals surface area contributed by atoms with Gasteiger partial charge in [-0.3, -0.25) is 4.98 Å². The molecule has 1 heterocycles. The van der Waals surface area contributed by atoms with Crippen molar-refractivity contribution < 1.29 is 0 Å². The van der Waals surface area contributed by atoms with Crippen LogP contribution in [0.25, 0.3) is 0 Å². The van der Waals surface area contributed by atoms with E-state index in [1.807, 2.05) is 12.3 Å². The van der Waals surface area contributed by atoms with Crippen LogP contribution < -0.4 is 5.32 Å². The number of nitrogens with one attached hydrogen (secondary N) is 1. The number of aryl methyl sites for hydroxylation is 1. The normalized spacial score (nSPS) is 14.9. The summed E-state index contributed by atoms with van der Waals surface area (Å²) in [6.07, 6.45) is 3.02. The monoisotopic (exact) mass is 206 g/mol. The van der Waals surface area contributed by atoms with Gasteiger partial charge in [-0.1, -0.05) is 19.9 Å². The Kier molecular flexibility index (Phi) is 4.76. The van der Waals surface area contributed by atoms with Crippen molar-refractivity contribution in [2.45, 2.75) is 46.1 Å². The lowest BCUT2D eigenvalue weighted by Crippen LogP contribution is -2.32. The summed E-state index contributed by atoms with van der Waals surface area (Å²) in [4.78, 5) is 4.51. The van der Waals surface area contributed by atoms with E-state index in [4.69, 9.17) is 0 Å². The first kappa shape index (κ1) is 12.2. The number of aromatic nitrogens is 1. The molecule has 0 amide bonds. The summed E-state index contributed by atoms with van der Waals surface area (Å²) in [6.45, 7) is 9.78. The van der Waals surface area contributed by atoms with E-state index in [9.17, 15) is 0 Å². The Hall–Kier alpha value is -0.890. The highest BCUT2D eigenvalue weighted by molar-refractivity contribution is 5.22. The Morgan fingerprint density at radius 3 is 2.67 bits per heavy atom. The Bertz CT molecular complexity index is 296. The molecule has 1 N–H and O–H groups in total. The molecule has 0 saturated carbocycles. The van der Waals surface area contributed by atoms with E-state index in [2.05, 4.69) is 44.1 Å². The van der Waals surface area contributed by atoms with Crippen LogP contribution in [-0.4, -0.2) is 17.6 Å². The Morgan fingerprint density at radius 1 is 1.40 bits per heavy atom. The molecule has 0 fully saturated rings. The highest BCUT2D eigenvalue weighted by atomic mass is 14.9. The first-order valence-electron chi connectivity index (χ1n) is 5.85. The van der Waals surface area contributed by atoms with E-state index in [0.717, 1.165) is 13.0 Å². The van der Waals surface area contributed by atoms with Crippen LogP contribution in [0.15, 0.2) is 18.3 Å². The fourth-order valence-corrected chi connectivity index (χ4v) is 2.13. The second-order valence-corrected chi connectivity index (χ2v) is 4.07. The lowest BCUT2D eigenvalue weighted by Gasteiger charge is -2.24. The zero-order chi connectivity index (χ0) is 11.3. The molecular weight excluding hydrogens is 184 g/mol. The smallest absolute Gasteiger partial charge is 0.0478 e. The largest absolute Gasteiger partial charge is 0.314 e. The van der Waals surface area contributed by atoms with Crippen molar-refractivity contribution >= 4 is 0 Å². The molecule has 2 heteroatoms. The van der Waals surface area contributed by atoms with E-state index in [-0.39, 0.29) is 0 Å². The molecular formula is C13H22N2. The molecule has 15 heavy (non-hydrogen) atoms. The van der Waals surface area contributed by atoms with Gasteiger partial charge >= 0.3 is 0 Å². The predicted molar refractivity (Wildman–Crippen MR) is 65.1 cm³/mol. The van der Waals surface area contributed by atoms with Crippen LogP contribution in [0, 0.1) is 6.92 Å². The maximum atomic E-state index is 4.51. The molecule has 0 saturated heterocycles. The molecule has 1 aromatic rings. The van der Waals surface area contributed by atoms with Crippen LogP contribution in [-0.2, 0) is 0 Å². The highest BCUT2D eigenvalue weighted by Gasteiger charge is 2.19. The van der Waals surface area contributed by atoms with Crippen LogP contribution in [0.5, 0.6) is 0 Å². The maximum Gasteiger partial charge on any atom is 0.0478 e. The van der Waals surface area contributed by atoms with Crippen LogP contribution in [0.2, 0.25) is 0 Å². The van der Waals surface area contributed by atoms with Gasteiger partial charge in [-0.05, 0) is 38.4 Å². The number of nitrogens with zero attached hydrogens (tertiary/aromatic N) is 1. The zero-order valence-electron chi connectivity index (χ0n) is 10.2. The van der Waals surface area contributed by atoms with Gasteiger partial charge in [-0.15, -0.1) is 0 Å². The second-order valence-electron chi connectivity index (χ2n) is 4.07. The third-order valence-electron chi connectivity index (χ3n) is 2.97. The Balaban J connectivity index is 2.87. The van der Waals surface area contributed by atoms with Gasteiger partial charge in [0.15, 0.2) is 0 Å². The summed E-state index contributed by atoms with van der Waals surface area (Å²) in [5, 5.41) is 3.48. The first-order valence-corrected chi connectivity index (χ1v) is 5.85. The topological polar surface area (TPSA) is 24.9 Å². The summed E-state index contributed by atoms with van der Waals surface area (Å²) in [5.74, 6) is 0.520. The lowest BCUT2D eigenvalue weighted by molar-refractivity contribution is 0.451. The molecule has 1 rings (SSSR count). The fraction of sp³-hybridized carbons (Fsp3) is 0.615. The van der Waals surface area contributed by atoms with Crippen LogP contribution in [0.1, 0.15) is 44.4 Å². The molecule has 2 nitrogen and oxygen atoms in total. The van der Waals surface area contributed by atoms with Crippen molar-refractivity contribution in [1.29, 1.82) is 0 Å². The van der Waals surface area contributed by atoms with Gasteiger partial charge in [0.2, 0.25) is 0 Å². The Labute approximate surface area is 93.1 Å². The first-order chi connectivity index (χ1) is 7.20. The number of pyridine rings is 1. The molecule has 0 radical (unpaired) electrons. The summed E-state index contributed by atoms with van der Waals surface area (Å²) in [5.41, 5.74) is 2.54. The quantitative estimate of drug-likeness (QED) is 0.801. The van der Waals surface area contributed by atoms with Crippen LogP contribution >= 0.6 is 0 Å². The number of rotatable bonds is 5. The van der Waals surface area contributed by atoms with Crippen molar-refractivity contribution in [2.24, 2.45) is 0 Å². The molecule has 2 unspecified atom stereocenters. The Morgan fingerprint density at radius 2 is 2.13 bits per heavy atom. The average molecular weight is 206 g/mol. The zero-order valence-corrected chi connectivity index (χ0v) is 10.2. The molecule has 0 aliphatic heterocycles. The molecule has 0 aliphatic rings. The summed E-state index contributed by atoms with van der Waals surface area (Å²) < 4.78 is 0. The molecule has 84 valence electrons. The van der Waals surface area contributed by atoms with Gasteiger partial charge in [-0.25, -0.2) is 0 Å². The molecule has 0 bridgehead atoms. The summed E-state index contributed by atoms with van der Waals surface area (Å²) in [7, 11) is 0. The van der Waals surface area contributed by atoms with E-state index in [0.29, 0.717) is 12.0 Å². The molecule has 0 aromatic carbocycles. The average Bonchev–Trinajstić information content (AvgIpc) is 2.22. The number of likely N-dealkylation sites (N-methyl/N-ethyl adjacent to an activating group) is 1. The van der Waals surface area contributed by atoms with Gasteiger partial charge in [0.05, 0.1) is 0 Å². The van der Waals surface area contributed by atoms with Crippen molar-refractivity contribution in [2.75, 3.05) is 6.54 Å². The van der Waals surface area contributed by atoms with Gasteiger partial charge in [0.25, 0.3) is 0 Å². The third kappa shape index (κ3) is 3.03. The minimum absolute atomic E-state index is 0.494. The van der Waals surface area contributed by atoms with Gasteiger partial charge in [-0.2, -0.15) is 0 Å². The molecule has 1 aromatic heterocycles. The minimum atomic E-state index is 0.494. The van der Waals surface area contributed by atoms with Gasteiger partial charge < -0.3 is 5.32 Å². The van der Waals surface area contributed by atoms with Crippen molar-refractivity contribution in [3.05, 3.63) is 29.6 Å². The van der Waals surface area contributed by atoms with E-state index in [1.165, 1.54) is 11.3 Å².